The minimum Gasteiger partial charge on any atom is -0.347 e. The normalized spacial score (nSPS) is 27.0. The summed E-state index contributed by atoms with van der Waals surface area (Å²) in [6.07, 6.45) is 2.99. The lowest BCUT2D eigenvalue weighted by atomic mass is 10.00. The van der Waals surface area contributed by atoms with Crippen LogP contribution in [0.4, 0.5) is 0 Å². The van der Waals surface area contributed by atoms with Crippen LogP contribution in [0, 0.1) is 5.92 Å². The number of rotatable bonds is 3. The summed E-state index contributed by atoms with van der Waals surface area (Å²) in [5, 5.41) is 3.20. The first-order chi connectivity index (χ1) is 10.3. The maximum Gasteiger partial charge on any atom is 0.261 e. The van der Waals surface area contributed by atoms with Crippen LogP contribution in [-0.2, 0) is 0 Å². The Morgan fingerprint density at radius 3 is 2.95 bits per heavy atom. The van der Waals surface area contributed by atoms with Gasteiger partial charge in [-0.3, -0.25) is 9.78 Å². The summed E-state index contributed by atoms with van der Waals surface area (Å²) in [5.41, 5.74) is 0.924. The van der Waals surface area contributed by atoms with Gasteiger partial charge in [0.05, 0.1) is 15.4 Å². The smallest absolute Gasteiger partial charge is 0.261 e. The van der Waals surface area contributed by atoms with E-state index in [0.29, 0.717) is 12.0 Å². The van der Waals surface area contributed by atoms with Gasteiger partial charge in [-0.25, -0.2) is 0 Å². The Kier molecular flexibility index (Phi) is 3.24. The van der Waals surface area contributed by atoms with E-state index in [2.05, 4.69) is 15.2 Å². The van der Waals surface area contributed by atoms with Gasteiger partial charge in [0.2, 0.25) is 0 Å². The summed E-state index contributed by atoms with van der Waals surface area (Å²) in [6, 6.07) is 10.0. The fraction of sp³-hybridized carbons (Fsp3) is 0.375. The number of carbonyl (C=O) groups is 1. The zero-order chi connectivity index (χ0) is 14.2. The SMILES string of the molecule is O=C(N[C@H]1CN2CC[C@@H]1C2)c1ccc(-c2ccccn2)s1. The van der Waals surface area contributed by atoms with E-state index in [1.54, 1.807) is 6.20 Å². The monoisotopic (exact) mass is 299 g/mol. The number of carbonyl (C=O) groups excluding carboxylic acids is 1. The van der Waals surface area contributed by atoms with Crippen molar-refractivity contribution < 1.29 is 4.79 Å². The molecule has 1 amide bonds. The molecule has 2 aromatic rings. The highest BCUT2D eigenvalue weighted by Crippen LogP contribution is 2.29. The lowest BCUT2D eigenvalue weighted by Gasteiger charge is -2.22. The predicted molar refractivity (Wildman–Crippen MR) is 83.4 cm³/mol. The molecule has 108 valence electrons. The van der Waals surface area contributed by atoms with E-state index in [4.69, 9.17) is 0 Å². The van der Waals surface area contributed by atoms with Gasteiger partial charge >= 0.3 is 0 Å². The molecule has 4 nitrogen and oxygen atoms in total. The Bertz CT molecular complexity index is 655. The van der Waals surface area contributed by atoms with Crippen LogP contribution in [0.15, 0.2) is 36.5 Å². The Labute approximate surface area is 127 Å². The summed E-state index contributed by atoms with van der Waals surface area (Å²) >= 11 is 1.51. The molecule has 2 aromatic heterocycles. The molecule has 2 fully saturated rings. The van der Waals surface area contributed by atoms with Gasteiger partial charge in [-0.2, -0.15) is 0 Å². The highest BCUT2D eigenvalue weighted by Gasteiger charge is 2.38. The van der Waals surface area contributed by atoms with E-state index < -0.39 is 0 Å². The van der Waals surface area contributed by atoms with Crippen molar-refractivity contribution in [3.05, 3.63) is 41.4 Å². The molecule has 3 atom stereocenters. The molecular formula is C16H17N3OS. The number of fused-ring (bicyclic) bond motifs is 2. The van der Waals surface area contributed by atoms with Gasteiger partial charge in [0.15, 0.2) is 0 Å². The van der Waals surface area contributed by atoms with Crippen molar-refractivity contribution in [2.75, 3.05) is 19.6 Å². The molecule has 2 bridgehead atoms. The van der Waals surface area contributed by atoms with Gasteiger partial charge in [0.25, 0.3) is 5.91 Å². The molecule has 2 saturated heterocycles. The Morgan fingerprint density at radius 1 is 1.29 bits per heavy atom. The van der Waals surface area contributed by atoms with Crippen molar-refractivity contribution >= 4 is 17.2 Å². The van der Waals surface area contributed by atoms with E-state index in [1.807, 2.05) is 30.3 Å². The van der Waals surface area contributed by atoms with Crippen LogP contribution < -0.4 is 5.32 Å². The van der Waals surface area contributed by atoms with E-state index in [0.717, 1.165) is 28.5 Å². The van der Waals surface area contributed by atoms with Crippen molar-refractivity contribution in [1.29, 1.82) is 0 Å². The fourth-order valence-electron chi connectivity index (χ4n) is 3.29. The second-order valence-corrected chi connectivity index (χ2v) is 6.85. The van der Waals surface area contributed by atoms with Gasteiger partial charge in [-0.1, -0.05) is 6.07 Å². The maximum atomic E-state index is 12.4. The van der Waals surface area contributed by atoms with Crippen molar-refractivity contribution in [2.24, 2.45) is 5.92 Å². The van der Waals surface area contributed by atoms with Crippen LogP contribution in [-0.4, -0.2) is 41.5 Å². The second kappa shape index (κ2) is 5.24. The molecular weight excluding hydrogens is 282 g/mol. The Hall–Kier alpha value is -1.72. The number of piperidine rings is 1. The van der Waals surface area contributed by atoms with Crippen LogP contribution in [0.25, 0.3) is 10.6 Å². The molecule has 4 heterocycles. The average Bonchev–Trinajstić information content (AvgIpc) is 3.24. The molecule has 2 aliphatic rings. The van der Waals surface area contributed by atoms with Gasteiger partial charge in [0, 0.05) is 25.3 Å². The molecule has 0 spiro atoms. The van der Waals surface area contributed by atoms with Crippen LogP contribution >= 0.6 is 11.3 Å². The number of nitrogens with zero attached hydrogens (tertiary/aromatic N) is 2. The highest BCUT2D eigenvalue weighted by atomic mass is 32.1. The third-order valence-corrected chi connectivity index (χ3v) is 5.50. The number of hydrogen-bond donors (Lipinski definition) is 1. The first-order valence-electron chi connectivity index (χ1n) is 7.34. The lowest BCUT2D eigenvalue weighted by molar-refractivity contribution is 0.0928. The lowest BCUT2D eigenvalue weighted by Crippen LogP contribution is -2.42. The Morgan fingerprint density at radius 2 is 2.24 bits per heavy atom. The van der Waals surface area contributed by atoms with Crippen molar-refractivity contribution in [3.63, 3.8) is 0 Å². The predicted octanol–water partition coefficient (Wildman–Crippen LogP) is 2.24. The van der Waals surface area contributed by atoms with Gasteiger partial charge in [-0.05, 0) is 43.1 Å². The first kappa shape index (κ1) is 13.0. The van der Waals surface area contributed by atoms with E-state index in [9.17, 15) is 4.79 Å². The molecule has 0 aromatic carbocycles. The average molecular weight is 299 g/mol. The molecule has 1 unspecified atom stereocenters. The summed E-state index contributed by atoms with van der Waals surface area (Å²) in [4.78, 5) is 21.0. The largest absolute Gasteiger partial charge is 0.347 e. The standard InChI is InChI=1S/C16H17N3OS/c20-16(18-13-10-19-8-6-11(13)9-19)15-5-4-14(21-15)12-3-1-2-7-17-12/h1-5,7,11,13H,6,8-10H2,(H,18,20)/t11-,13+/m1/s1. The molecule has 2 aliphatic heterocycles. The molecule has 1 N–H and O–H groups in total. The minimum atomic E-state index is 0.0564. The van der Waals surface area contributed by atoms with E-state index in [-0.39, 0.29) is 5.91 Å². The molecule has 21 heavy (non-hydrogen) atoms. The van der Waals surface area contributed by atoms with Gasteiger partial charge in [-0.15, -0.1) is 11.3 Å². The van der Waals surface area contributed by atoms with Crippen LogP contribution in [0.3, 0.4) is 0 Å². The summed E-state index contributed by atoms with van der Waals surface area (Å²) < 4.78 is 0. The Balaban J connectivity index is 1.47. The van der Waals surface area contributed by atoms with Crippen molar-refractivity contribution in [3.8, 4) is 10.6 Å². The number of aromatic nitrogens is 1. The van der Waals surface area contributed by atoms with Crippen molar-refractivity contribution in [2.45, 2.75) is 12.5 Å². The zero-order valence-corrected chi connectivity index (χ0v) is 12.5. The summed E-state index contributed by atoms with van der Waals surface area (Å²) in [7, 11) is 0. The number of thiophene rings is 1. The number of hydrogen-bond acceptors (Lipinski definition) is 4. The van der Waals surface area contributed by atoms with Crippen LogP contribution in [0.5, 0.6) is 0 Å². The molecule has 0 radical (unpaired) electrons. The van der Waals surface area contributed by atoms with Gasteiger partial charge < -0.3 is 10.2 Å². The third-order valence-electron chi connectivity index (χ3n) is 4.40. The summed E-state index contributed by atoms with van der Waals surface area (Å²) in [6.45, 7) is 3.35. The topological polar surface area (TPSA) is 45.2 Å². The number of nitrogens with one attached hydrogen (secondary N) is 1. The van der Waals surface area contributed by atoms with E-state index in [1.165, 1.54) is 24.3 Å². The summed E-state index contributed by atoms with van der Waals surface area (Å²) in [5.74, 6) is 0.699. The molecule has 0 saturated carbocycles. The minimum absolute atomic E-state index is 0.0564. The second-order valence-electron chi connectivity index (χ2n) is 5.77. The molecule has 4 rings (SSSR count). The highest BCUT2D eigenvalue weighted by molar-refractivity contribution is 7.17. The van der Waals surface area contributed by atoms with Crippen molar-refractivity contribution in [1.82, 2.24) is 15.2 Å². The van der Waals surface area contributed by atoms with Crippen LogP contribution in [0.2, 0.25) is 0 Å². The molecule has 0 aliphatic carbocycles. The van der Waals surface area contributed by atoms with E-state index >= 15 is 0 Å². The van der Waals surface area contributed by atoms with Gasteiger partial charge in [0.1, 0.15) is 0 Å². The number of pyridine rings is 1. The third kappa shape index (κ3) is 2.47. The van der Waals surface area contributed by atoms with Crippen LogP contribution in [0.1, 0.15) is 16.1 Å². The maximum absolute atomic E-state index is 12.4. The fourth-order valence-corrected chi connectivity index (χ4v) is 4.18. The quantitative estimate of drug-likeness (QED) is 0.945. The first-order valence-corrected chi connectivity index (χ1v) is 8.16. The zero-order valence-electron chi connectivity index (χ0n) is 11.7. The number of amides is 1. The molecule has 5 heteroatoms.